The van der Waals surface area contributed by atoms with Crippen molar-refractivity contribution in [2.45, 2.75) is 38.8 Å². The summed E-state index contributed by atoms with van der Waals surface area (Å²) in [5.74, 6) is 0.352. The molecule has 3 atom stereocenters. The first kappa shape index (κ1) is 12.2. The van der Waals surface area contributed by atoms with Crippen LogP contribution in [-0.4, -0.2) is 17.3 Å². The van der Waals surface area contributed by atoms with Crippen molar-refractivity contribution in [1.29, 1.82) is 0 Å². The lowest BCUT2D eigenvalue weighted by molar-refractivity contribution is 0.135. The van der Waals surface area contributed by atoms with Gasteiger partial charge in [-0.15, -0.1) is 0 Å². The first-order chi connectivity index (χ1) is 7.11. The Bertz CT molecular complexity index is 271. The van der Waals surface area contributed by atoms with Gasteiger partial charge in [0.1, 0.15) is 0 Å². The number of aliphatic hydroxyl groups excluding tert-OH is 1. The third kappa shape index (κ3) is 4.02. The lowest BCUT2D eigenvalue weighted by Gasteiger charge is -2.22. The van der Waals surface area contributed by atoms with Crippen molar-refractivity contribution in [2.24, 2.45) is 11.7 Å². The van der Waals surface area contributed by atoms with E-state index in [2.05, 4.69) is 31.2 Å². The van der Waals surface area contributed by atoms with E-state index in [1.807, 2.05) is 6.07 Å². The fourth-order valence-electron chi connectivity index (χ4n) is 1.71. The Kier molecular flexibility index (Phi) is 4.79. The molecule has 0 heterocycles. The molecule has 15 heavy (non-hydrogen) atoms. The SMILES string of the molecule is CC(O)C(N)C(C)CCc1ccccc1. The van der Waals surface area contributed by atoms with Crippen molar-refractivity contribution in [3.8, 4) is 0 Å². The summed E-state index contributed by atoms with van der Waals surface area (Å²) in [5.41, 5.74) is 7.21. The highest BCUT2D eigenvalue weighted by atomic mass is 16.3. The van der Waals surface area contributed by atoms with E-state index in [9.17, 15) is 5.11 Å². The van der Waals surface area contributed by atoms with Gasteiger partial charge in [0.05, 0.1) is 6.10 Å². The predicted octanol–water partition coefficient (Wildman–Crippen LogP) is 1.96. The molecule has 84 valence electrons. The van der Waals surface area contributed by atoms with E-state index >= 15 is 0 Å². The lowest BCUT2D eigenvalue weighted by Crippen LogP contribution is -2.38. The van der Waals surface area contributed by atoms with E-state index in [1.54, 1.807) is 6.92 Å². The van der Waals surface area contributed by atoms with Gasteiger partial charge < -0.3 is 10.8 Å². The molecule has 1 rings (SSSR count). The highest BCUT2D eigenvalue weighted by molar-refractivity contribution is 5.14. The summed E-state index contributed by atoms with van der Waals surface area (Å²) in [6.45, 7) is 3.85. The molecule has 0 spiro atoms. The minimum atomic E-state index is -0.421. The van der Waals surface area contributed by atoms with Crippen LogP contribution in [0.2, 0.25) is 0 Å². The zero-order chi connectivity index (χ0) is 11.3. The van der Waals surface area contributed by atoms with Crippen LogP contribution in [0.5, 0.6) is 0 Å². The second-order valence-corrected chi connectivity index (χ2v) is 4.32. The zero-order valence-corrected chi connectivity index (χ0v) is 9.56. The van der Waals surface area contributed by atoms with Crippen LogP contribution < -0.4 is 5.73 Å². The molecule has 0 saturated heterocycles. The van der Waals surface area contributed by atoms with E-state index < -0.39 is 6.10 Å². The van der Waals surface area contributed by atoms with Gasteiger partial charge in [-0.1, -0.05) is 37.3 Å². The maximum atomic E-state index is 9.36. The third-order valence-electron chi connectivity index (χ3n) is 2.95. The smallest absolute Gasteiger partial charge is 0.0665 e. The molecule has 0 aromatic heterocycles. The summed E-state index contributed by atoms with van der Waals surface area (Å²) >= 11 is 0. The molecule has 3 unspecified atom stereocenters. The molecule has 0 fully saturated rings. The predicted molar refractivity (Wildman–Crippen MR) is 63.6 cm³/mol. The van der Waals surface area contributed by atoms with E-state index in [-0.39, 0.29) is 6.04 Å². The van der Waals surface area contributed by atoms with Crippen molar-refractivity contribution in [3.63, 3.8) is 0 Å². The Labute approximate surface area is 92.1 Å². The van der Waals surface area contributed by atoms with Gasteiger partial charge in [0.2, 0.25) is 0 Å². The Morgan fingerprint density at radius 2 is 1.80 bits per heavy atom. The fraction of sp³-hybridized carbons (Fsp3) is 0.538. The molecule has 0 radical (unpaired) electrons. The van der Waals surface area contributed by atoms with Crippen LogP contribution in [0, 0.1) is 5.92 Å². The summed E-state index contributed by atoms with van der Waals surface area (Å²) < 4.78 is 0. The van der Waals surface area contributed by atoms with Crippen LogP contribution in [0.3, 0.4) is 0 Å². The molecule has 0 aliphatic rings. The average Bonchev–Trinajstić information content (AvgIpc) is 2.26. The number of benzene rings is 1. The Morgan fingerprint density at radius 1 is 1.20 bits per heavy atom. The summed E-state index contributed by atoms with van der Waals surface area (Å²) in [6, 6.07) is 10.3. The first-order valence-electron chi connectivity index (χ1n) is 5.59. The average molecular weight is 207 g/mol. The standard InChI is InChI=1S/C13H21NO/c1-10(13(14)11(2)15)8-9-12-6-4-3-5-7-12/h3-7,10-11,13,15H,8-9,14H2,1-2H3. The molecule has 0 aliphatic heterocycles. The number of hydrogen-bond acceptors (Lipinski definition) is 2. The summed E-state index contributed by atoms with van der Waals surface area (Å²) in [6.07, 6.45) is 1.63. The molecule has 0 amide bonds. The summed E-state index contributed by atoms with van der Waals surface area (Å²) in [5, 5.41) is 9.36. The highest BCUT2D eigenvalue weighted by Crippen LogP contribution is 2.13. The van der Waals surface area contributed by atoms with Crippen molar-refractivity contribution in [1.82, 2.24) is 0 Å². The van der Waals surface area contributed by atoms with Gasteiger partial charge in [-0.05, 0) is 31.2 Å². The lowest BCUT2D eigenvalue weighted by atomic mass is 9.92. The van der Waals surface area contributed by atoms with Crippen molar-refractivity contribution >= 4 is 0 Å². The quantitative estimate of drug-likeness (QED) is 0.775. The largest absolute Gasteiger partial charge is 0.392 e. The molecule has 2 nitrogen and oxygen atoms in total. The molecule has 3 N–H and O–H groups in total. The van der Waals surface area contributed by atoms with Gasteiger partial charge in [-0.25, -0.2) is 0 Å². The Hall–Kier alpha value is -0.860. The van der Waals surface area contributed by atoms with Gasteiger partial charge >= 0.3 is 0 Å². The van der Waals surface area contributed by atoms with Gasteiger partial charge in [0, 0.05) is 6.04 Å². The topological polar surface area (TPSA) is 46.2 Å². The van der Waals surface area contributed by atoms with Crippen LogP contribution in [0.4, 0.5) is 0 Å². The maximum absolute atomic E-state index is 9.36. The van der Waals surface area contributed by atoms with Crippen molar-refractivity contribution < 1.29 is 5.11 Å². The highest BCUT2D eigenvalue weighted by Gasteiger charge is 2.17. The van der Waals surface area contributed by atoms with E-state index in [0.29, 0.717) is 5.92 Å². The number of aliphatic hydroxyl groups is 1. The third-order valence-corrected chi connectivity index (χ3v) is 2.95. The van der Waals surface area contributed by atoms with Crippen molar-refractivity contribution in [3.05, 3.63) is 35.9 Å². The first-order valence-corrected chi connectivity index (χ1v) is 5.59. The summed E-state index contributed by atoms with van der Waals surface area (Å²) in [7, 11) is 0. The van der Waals surface area contributed by atoms with Gasteiger partial charge in [-0.3, -0.25) is 0 Å². The number of hydrogen-bond donors (Lipinski definition) is 2. The number of nitrogens with two attached hydrogens (primary N) is 1. The minimum Gasteiger partial charge on any atom is -0.392 e. The molecular weight excluding hydrogens is 186 g/mol. The number of aryl methyl sites for hydroxylation is 1. The Balaban J connectivity index is 2.37. The molecular formula is C13H21NO. The van der Waals surface area contributed by atoms with E-state index in [4.69, 9.17) is 5.73 Å². The molecule has 1 aromatic carbocycles. The van der Waals surface area contributed by atoms with E-state index in [1.165, 1.54) is 5.56 Å². The monoisotopic (exact) mass is 207 g/mol. The molecule has 0 bridgehead atoms. The van der Waals surface area contributed by atoms with Gasteiger partial charge in [-0.2, -0.15) is 0 Å². The van der Waals surface area contributed by atoms with Crippen LogP contribution >= 0.6 is 0 Å². The van der Waals surface area contributed by atoms with Crippen molar-refractivity contribution in [2.75, 3.05) is 0 Å². The second kappa shape index (κ2) is 5.89. The van der Waals surface area contributed by atoms with Crippen LogP contribution in [0.25, 0.3) is 0 Å². The number of rotatable bonds is 5. The van der Waals surface area contributed by atoms with E-state index in [0.717, 1.165) is 12.8 Å². The molecule has 1 aromatic rings. The summed E-state index contributed by atoms with van der Waals surface area (Å²) in [4.78, 5) is 0. The maximum Gasteiger partial charge on any atom is 0.0665 e. The molecule has 0 saturated carbocycles. The van der Waals surface area contributed by atoms with Crippen LogP contribution in [0.1, 0.15) is 25.8 Å². The van der Waals surface area contributed by atoms with Gasteiger partial charge in [0.25, 0.3) is 0 Å². The van der Waals surface area contributed by atoms with Crippen LogP contribution in [-0.2, 0) is 6.42 Å². The minimum absolute atomic E-state index is 0.117. The van der Waals surface area contributed by atoms with Gasteiger partial charge in [0.15, 0.2) is 0 Å². The zero-order valence-electron chi connectivity index (χ0n) is 9.56. The fourth-order valence-corrected chi connectivity index (χ4v) is 1.71. The molecule has 0 aliphatic carbocycles. The Morgan fingerprint density at radius 3 is 2.33 bits per heavy atom. The van der Waals surface area contributed by atoms with Crippen LogP contribution in [0.15, 0.2) is 30.3 Å². The second-order valence-electron chi connectivity index (χ2n) is 4.32. The molecule has 2 heteroatoms. The normalized spacial score (nSPS) is 17.1.